The monoisotopic (exact) mass is 410 g/mol. The number of halogens is 1. The Morgan fingerprint density at radius 1 is 1.37 bits per heavy atom. The van der Waals surface area contributed by atoms with Gasteiger partial charge in [-0.3, -0.25) is 9.78 Å². The molecule has 0 aliphatic carbocycles. The molecule has 2 aromatic rings. The highest BCUT2D eigenvalue weighted by molar-refractivity contribution is 7.90. The first-order valence-corrected chi connectivity index (χ1v) is 11.1. The van der Waals surface area contributed by atoms with E-state index in [9.17, 15) is 13.2 Å². The third-order valence-corrected chi connectivity index (χ3v) is 6.23. The molecule has 1 aliphatic heterocycles. The van der Waals surface area contributed by atoms with Gasteiger partial charge in [-0.2, -0.15) is 0 Å². The van der Waals surface area contributed by atoms with Gasteiger partial charge >= 0.3 is 0 Å². The number of pyridine rings is 1. The lowest BCUT2D eigenvalue weighted by molar-refractivity contribution is -0.132. The number of aromatic nitrogens is 3. The topological polar surface area (TPSA) is 85.2 Å². The Morgan fingerprint density at radius 3 is 2.81 bits per heavy atom. The Kier molecular flexibility index (Phi) is 5.86. The minimum absolute atomic E-state index is 0.0580. The molecule has 0 N–H and O–H groups in total. The van der Waals surface area contributed by atoms with Crippen LogP contribution < -0.4 is 0 Å². The van der Waals surface area contributed by atoms with Crippen molar-refractivity contribution in [3.05, 3.63) is 41.2 Å². The van der Waals surface area contributed by atoms with Crippen molar-refractivity contribution < 1.29 is 13.2 Å². The Hall–Kier alpha value is -1.93. The van der Waals surface area contributed by atoms with Gasteiger partial charge in [0.25, 0.3) is 0 Å². The van der Waals surface area contributed by atoms with Gasteiger partial charge in [0.15, 0.2) is 9.84 Å². The maximum absolute atomic E-state index is 12.6. The molecule has 3 heterocycles. The minimum Gasteiger partial charge on any atom is -0.342 e. The highest BCUT2D eigenvalue weighted by Gasteiger charge is 2.29. The third kappa shape index (κ3) is 4.68. The molecule has 1 fully saturated rings. The number of aryl methyl sites for hydroxylation is 2. The fourth-order valence-corrected chi connectivity index (χ4v) is 4.64. The predicted octanol–water partition coefficient (Wildman–Crippen LogP) is 2.44. The molecule has 3 rings (SSSR count). The van der Waals surface area contributed by atoms with Gasteiger partial charge in [-0.25, -0.2) is 13.4 Å². The number of likely N-dealkylation sites (tertiary alicyclic amines) is 1. The number of carbonyl (C=O) groups excluding carboxylic acids is 1. The Labute approximate surface area is 164 Å². The molecule has 1 amide bonds. The van der Waals surface area contributed by atoms with Crippen LogP contribution >= 0.6 is 11.6 Å². The molecule has 27 heavy (non-hydrogen) atoms. The maximum atomic E-state index is 12.6. The zero-order valence-corrected chi connectivity index (χ0v) is 17.0. The van der Waals surface area contributed by atoms with Crippen LogP contribution in [0.4, 0.5) is 0 Å². The van der Waals surface area contributed by atoms with Gasteiger partial charge in [-0.05, 0) is 25.8 Å². The summed E-state index contributed by atoms with van der Waals surface area (Å²) in [7, 11) is -3.45. The first kappa shape index (κ1) is 19.8. The van der Waals surface area contributed by atoms with Gasteiger partial charge in [0, 0.05) is 56.8 Å². The van der Waals surface area contributed by atoms with Crippen molar-refractivity contribution in [1.82, 2.24) is 19.4 Å². The van der Waals surface area contributed by atoms with Crippen LogP contribution in [0.25, 0.3) is 0 Å². The van der Waals surface area contributed by atoms with Crippen molar-refractivity contribution in [3.8, 4) is 0 Å². The fraction of sp³-hybridized carbons (Fsp3) is 0.500. The van der Waals surface area contributed by atoms with Crippen LogP contribution in [0.5, 0.6) is 0 Å². The Morgan fingerprint density at radius 2 is 2.15 bits per heavy atom. The van der Waals surface area contributed by atoms with Crippen molar-refractivity contribution in [2.45, 2.75) is 43.5 Å². The summed E-state index contributed by atoms with van der Waals surface area (Å²) in [6, 6.07) is 1.45. The fourth-order valence-electron chi connectivity index (χ4n) is 3.48. The standard InChI is InChI=1S/C18H23ClN4O3S/c1-13-20-6-9-22(13)8-5-17(24)23-7-3-4-14(12-23)18-16(27(2,25)26)10-15(19)11-21-18/h6,9-11,14H,3-5,7-8,12H2,1-2H3. The average Bonchev–Trinajstić information content (AvgIpc) is 3.04. The van der Waals surface area contributed by atoms with Crippen LogP contribution in [0.1, 0.15) is 36.7 Å². The molecule has 0 aromatic carbocycles. The number of rotatable bonds is 5. The number of carbonyl (C=O) groups is 1. The Bertz CT molecular complexity index is 942. The second kappa shape index (κ2) is 7.98. The van der Waals surface area contributed by atoms with Crippen molar-refractivity contribution in [2.75, 3.05) is 19.3 Å². The first-order chi connectivity index (χ1) is 12.8. The van der Waals surface area contributed by atoms with Gasteiger partial charge in [0.2, 0.25) is 5.91 Å². The normalized spacial score (nSPS) is 17.9. The van der Waals surface area contributed by atoms with Crippen LogP contribution in [-0.4, -0.2) is 53.1 Å². The Balaban J connectivity index is 1.73. The summed E-state index contributed by atoms with van der Waals surface area (Å²) in [5.41, 5.74) is 0.504. The van der Waals surface area contributed by atoms with Gasteiger partial charge in [-0.15, -0.1) is 0 Å². The van der Waals surface area contributed by atoms with E-state index in [1.54, 1.807) is 6.20 Å². The molecule has 7 nitrogen and oxygen atoms in total. The van der Waals surface area contributed by atoms with Gasteiger partial charge in [0.05, 0.1) is 15.6 Å². The quantitative estimate of drug-likeness (QED) is 0.755. The lowest BCUT2D eigenvalue weighted by Crippen LogP contribution is -2.40. The number of imidazole rings is 1. The zero-order chi connectivity index (χ0) is 19.6. The van der Waals surface area contributed by atoms with Gasteiger partial charge < -0.3 is 9.47 Å². The molecule has 1 saturated heterocycles. The van der Waals surface area contributed by atoms with Crippen molar-refractivity contribution in [2.24, 2.45) is 0 Å². The largest absolute Gasteiger partial charge is 0.342 e. The maximum Gasteiger partial charge on any atom is 0.224 e. The minimum atomic E-state index is -3.45. The number of piperidine rings is 1. The second-order valence-corrected chi connectivity index (χ2v) is 9.33. The van der Waals surface area contributed by atoms with Crippen LogP contribution in [-0.2, 0) is 21.2 Å². The number of hydrogen-bond donors (Lipinski definition) is 0. The molecule has 146 valence electrons. The van der Waals surface area contributed by atoms with E-state index in [1.807, 2.05) is 22.6 Å². The van der Waals surface area contributed by atoms with E-state index in [0.717, 1.165) is 24.9 Å². The molecule has 1 atom stereocenters. The molecule has 1 unspecified atom stereocenters. The first-order valence-electron chi connectivity index (χ1n) is 8.86. The van der Waals surface area contributed by atoms with Crippen LogP contribution in [0.2, 0.25) is 5.02 Å². The highest BCUT2D eigenvalue weighted by atomic mass is 35.5. The molecule has 0 saturated carbocycles. The predicted molar refractivity (Wildman–Crippen MR) is 102 cm³/mol. The van der Waals surface area contributed by atoms with E-state index in [4.69, 9.17) is 11.6 Å². The van der Waals surface area contributed by atoms with Gasteiger partial charge in [0.1, 0.15) is 5.82 Å². The highest BCUT2D eigenvalue weighted by Crippen LogP contribution is 2.31. The number of hydrogen-bond acceptors (Lipinski definition) is 5. The van der Waals surface area contributed by atoms with Crippen molar-refractivity contribution in [3.63, 3.8) is 0 Å². The average molecular weight is 411 g/mol. The number of nitrogens with zero attached hydrogens (tertiary/aromatic N) is 4. The summed E-state index contributed by atoms with van der Waals surface area (Å²) in [5, 5.41) is 0.290. The van der Waals surface area contributed by atoms with Crippen molar-refractivity contribution >= 4 is 27.3 Å². The molecular formula is C18H23ClN4O3S. The van der Waals surface area contributed by atoms with E-state index in [0.29, 0.717) is 36.8 Å². The lowest BCUT2D eigenvalue weighted by atomic mass is 9.94. The van der Waals surface area contributed by atoms with Crippen LogP contribution in [0.15, 0.2) is 29.6 Å². The summed E-state index contributed by atoms with van der Waals surface area (Å²) in [6.45, 7) is 3.64. The summed E-state index contributed by atoms with van der Waals surface area (Å²) in [4.78, 5) is 23.1. The third-order valence-electron chi connectivity index (χ3n) is 4.90. The van der Waals surface area contributed by atoms with Crippen molar-refractivity contribution in [1.29, 1.82) is 0 Å². The van der Waals surface area contributed by atoms with Crippen LogP contribution in [0.3, 0.4) is 0 Å². The summed E-state index contributed by atoms with van der Waals surface area (Å²) in [6.07, 6.45) is 8.19. The smallest absolute Gasteiger partial charge is 0.224 e. The zero-order valence-electron chi connectivity index (χ0n) is 15.4. The van der Waals surface area contributed by atoms with E-state index in [2.05, 4.69) is 9.97 Å². The summed E-state index contributed by atoms with van der Waals surface area (Å²) >= 11 is 5.94. The molecule has 1 aliphatic rings. The molecule has 0 spiro atoms. The molecule has 9 heteroatoms. The van der Waals surface area contributed by atoms with Gasteiger partial charge in [-0.1, -0.05) is 11.6 Å². The molecular weight excluding hydrogens is 388 g/mol. The summed E-state index contributed by atoms with van der Waals surface area (Å²) in [5.74, 6) is 0.824. The summed E-state index contributed by atoms with van der Waals surface area (Å²) < 4.78 is 26.2. The van der Waals surface area contributed by atoms with E-state index in [-0.39, 0.29) is 16.7 Å². The molecule has 0 bridgehead atoms. The number of amides is 1. The van der Waals surface area contributed by atoms with E-state index >= 15 is 0 Å². The SMILES string of the molecule is Cc1nccn1CCC(=O)N1CCCC(c2ncc(Cl)cc2S(C)(=O)=O)C1. The number of sulfone groups is 1. The molecule has 2 aromatic heterocycles. The van der Waals surface area contributed by atoms with E-state index in [1.165, 1.54) is 12.3 Å². The molecule has 0 radical (unpaired) electrons. The van der Waals surface area contributed by atoms with E-state index < -0.39 is 9.84 Å². The lowest BCUT2D eigenvalue weighted by Gasteiger charge is -2.33. The van der Waals surface area contributed by atoms with Crippen LogP contribution in [0, 0.1) is 6.92 Å². The second-order valence-electron chi connectivity index (χ2n) is 6.91.